The number of hydrogen-bond acceptors (Lipinski definition) is 7. The molecular formula is C40H47F2N5O4S. The second-order valence-electron chi connectivity index (χ2n) is 15.3. The summed E-state index contributed by atoms with van der Waals surface area (Å²) in [6, 6.07) is 18.4. The van der Waals surface area contributed by atoms with Crippen LogP contribution in [0.15, 0.2) is 73.3 Å². The quantitative estimate of drug-likeness (QED) is 0.116. The van der Waals surface area contributed by atoms with Gasteiger partial charge in [-0.3, -0.25) is 24.6 Å². The SMILES string of the molecule is C=CC(=O)N1CCC2(CC1)CC(n1c(NC(=O)c3ccc(C(F)F)s3)nc3cc(CN(CC(=O)OCc4ccccc4)[C@@H](C)C(C)(C)C)ccc31)C2. The maximum Gasteiger partial charge on any atom is 0.320 e. The Labute approximate surface area is 307 Å². The summed E-state index contributed by atoms with van der Waals surface area (Å²) in [6.07, 6.45) is 2.23. The van der Waals surface area contributed by atoms with Gasteiger partial charge in [0, 0.05) is 31.7 Å². The second kappa shape index (κ2) is 15.3. The highest BCUT2D eigenvalue weighted by Crippen LogP contribution is 2.56. The lowest BCUT2D eigenvalue weighted by atomic mass is 9.60. The van der Waals surface area contributed by atoms with Crippen molar-refractivity contribution in [1.82, 2.24) is 19.4 Å². The standard InChI is InChI=1S/C40H47F2N5O4S/c1-6-34(48)45-18-16-40(17-19-45)21-29(22-40)47-31-13-12-28(20-30(31)43-38(47)44-37(50)33-15-14-32(52-33)36(41)42)23-46(26(2)39(3,4)5)24-35(49)51-25-27-10-8-7-9-11-27/h6-15,20,26,29,36H,1,16-19,21-25H2,2-5H3,(H,43,44,50)/t26-/m0/s1. The van der Waals surface area contributed by atoms with E-state index in [1.54, 1.807) is 0 Å². The number of anilines is 1. The molecule has 0 unspecified atom stereocenters. The normalized spacial score (nSPS) is 16.7. The lowest BCUT2D eigenvalue weighted by Crippen LogP contribution is -2.48. The van der Waals surface area contributed by atoms with Gasteiger partial charge < -0.3 is 14.2 Å². The molecule has 0 bridgehead atoms. The predicted octanol–water partition coefficient (Wildman–Crippen LogP) is 8.40. The van der Waals surface area contributed by atoms with Crippen molar-refractivity contribution in [1.29, 1.82) is 0 Å². The van der Waals surface area contributed by atoms with Crippen LogP contribution in [0.25, 0.3) is 11.0 Å². The van der Waals surface area contributed by atoms with E-state index in [-0.39, 0.29) is 57.7 Å². The zero-order valence-electron chi connectivity index (χ0n) is 30.2. The van der Waals surface area contributed by atoms with Crippen LogP contribution in [0.3, 0.4) is 0 Å². The summed E-state index contributed by atoms with van der Waals surface area (Å²) in [7, 11) is 0. The molecule has 6 rings (SSSR count). The third-order valence-corrected chi connectivity index (χ3v) is 11.9. The van der Waals surface area contributed by atoms with Gasteiger partial charge in [-0.2, -0.15) is 0 Å². The average molecular weight is 732 g/mol. The topological polar surface area (TPSA) is 96.8 Å². The summed E-state index contributed by atoms with van der Waals surface area (Å²) in [4.78, 5) is 47.5. The number of fused-ring (bicyclic) bond motifs is 1. The largest absolute Gasteiger partial charge is 0.460 e. The maximum atomic E-state index is 13.4. The number of amides is 2. The van der Waals surface area contributed by atoms with Gasteiger partial charge in [-0.1, -0.05) is 63.7 Å². The number of thiophene rings is 1. The van der Waals surface area contributed by atoms with Gasteiger partial charge in [0.25, 0.3) is 12.3 Å². The number of nitrogens with one attached hydrogen (secondary N) is 1. The van der Waals surface area contributed by atoms with Gasteiger partial charge in [0.05, 0.1) is 27.3 Å². The van der Waals surface area contributed by atoms with Gasteiger partial charge in [0.1, 0.15) is 6.61 Å². The molecule has 12 heteroatoms. The third-order valence-electron chi connectivity index (χ3n) is 10.8. The van der Waals surface area contributed by atoms with Crippen LogP contribution in [0.4, 0.5) is 14.7 Å². The molecule has 1 saturated heterocycles. The highest BCUT2D eigenvalue weighted by atomic mass is 32.1. The molecule has 1 saturated carbocycles. The highest BCUT2D eigenvalue weighted by molar-refractivity contribution is 7.14. The second-order valence-corrected chi connectivity index (χ2v) is 16.4. The fourth-order valence-corrected chi connectivity index (χ4v) is 8.14. The molecule has 276 valence electrons. The van der Waals surface area contributed by atoms with E-state index < -0.39 is 12.3 Å². The number of benzene rings is 2. The van der Waals surface area contributed by atoms with Crippen LogP contribution in [0.5, 0.6) is 0 Å². The first kappa shape index (κ1) is 37.3. The molecule has 2 aromatic heterocycles. The molecule has 4 aromatic rings. The van der Waals surface area contributed by atoms with Gasteiger partial charge in [-0.05, 0) is 84.9 Å². The van der Waals surface area contributed by atoms with Crippen molar-refractivity contribution >= 4 is 46.1 Å². The van der Waals surface area contributed by atoms with Crippen LogP contribution in [0.2, 0.25) is 0 Å². The summed E-state index contributed by atoms with van der Waals surface area (Å²) in [5.74, 6) is -0.474. The van der Waals surface area contributed by atoms with E-state index in [1.807, 2.05) is 53.4 Å². The van der Waals surface area contributed by atoms with Crippen LogP contribution < -0.4 is 5.32 Å². The number of piperidine rings is 1. The van der Waals surface area contributed by atoms with E-state index in [0.717, 1.165) is 53.7 Å². The van der Waals surface area contributed by atoms with Gasteiger partial charge in [0.2, 0.25) is 11.9 Å². The Morgan fingerprint density at radius 2 is 1.79 bits per heavy atom. The van der Waals surface area contributed by atoms with Crippen molar-refractivity contribution in [3.63, 3.8) is 0 Å². The van der Waals surface area contributed by atoms with E-state index in [9.17, 15) is 23.2 Å². The number of likely N-dealkylation sites (tertiary alicyclic amines) is 1. The van der Waals surface area contributed by atoms with Crippen LogP contribution in [0, 0.1) is 10.8 Å². The Morgan fingerprint density at radius 3 is 2.42 bits per heavy atom. The van der Waals surface area contributed by atoms with Crippen molar-refractivity contribution in [3.8, 4) is 0 Å². The number of halogens is 2. The average Bonchev–Trinajstić information content (AvgIpc) is 3.74. The molecule has 1 aliphatic heterocycles. The molecule has 1 spiro atoms. The molecule has 2 aromatic carbocycles. The lowest BCUT2D eigenvalue weighted by molar-refractivity contribution is -0.147. The summed E-state index contributed by atoms with van der Waals surface area (Å²) in [5, 5.41) is 2.93. The summed E-state index contributed by atoms with van der Waals surface area (Å²) in [6.45, 7) is 14.3. The number of rotatable bonds is 12. The minimum Gasteiger partial charge on any atom is -0.460 e. The minimum atomic E-state index is -2.65. The number of hydrogen-bond donors (Lipinski definition) is 1. The molecule has 0 radical (unpaired) electrons. The Bertz CT molecular complexity index is 1920. The monoisotopic (exact) mass is 731 g/mol. The number of ether oxygens (including phenoxy) is 1. The summed E-state index contributed by atoms with van der Waals surface area (Å²) < 4.78 is 34.4. The molecule has 2 amide bonds. The molecule has 1 N–H and O–H groups in total. The van der Waals surface area contributed by atoms with Crippen molar-refractivity contribution in [2.45, 2.75) is 85.0 Å². The van der Waals surface area contributed by atoms with Gasteiger partial charge in [-0.15, -0.1) is 11.3 Å². The first-order valence-corrected chi connectivity index (χ1v) is 18.6. The Kier molecular flexibility index (Phi) is 11.0. The van der Waals surface area contributed by atoms with Gasteiger partial charge in [0.15, 0.2) is 0 Å². The van der Waals surface area contributed by atoms with Crippen LogP contribution in [0.1, 0.15) is 91.5 Å². The smallest absolute Gasteiger partial charge is 0.320 e. The van der Waals surface area contributed by atoms with E-state index in [2.05, 4.69) is 49.1 Å². The number of esters is 1. The van der Waals surface area contributed by atoms with E-state index >= 15 is 0 Å². The van der Waals surface area contributed by atoms with E-state index in [0.29, 0.717) is 31.1 Å². The highest BCUT2D eigenvalue weighted by Gasteiger charge is 2.48. The van der Waals surface area contributed by atoms with Crippen molar-refractivity contribution in [2.75, 3.05) is 25.0 Å². The zero-order chi connectivity index (χ0) is 37.2. The molecule has 2 fully saturated rings. The van der Waals surface area contributed by atoms with Gasteiger partial charge >= 0.3 is 5.97 Å². The number of alkyl halides is 2. The lowest BCUT2D eigenvalue weighted by Gasteiger charge is -2.52. The zero-order valence-corrected chi connectivity index (χ0v) is 31.1. The third kappa shape index (κ3) is 8.28. The van der Waals surface area contributed by atoms with Crippen molar-refractivity contribution < 1.29 is 27.9 Å². The van der Waals surface area contributed by atoms with Crippen LogP contribution >= 0.6 is 11.3 Å². The molecule has 52 heavy (non-hydrogen) atoms. The maximum absolute atomic E-state index is 13.4. The van der Waals surface area contributed by atoms with Crippen molar-refractivity contribution in [2.24, 2.45) is 10.8 Å². The molecule has 2 aliphatic rings. The Morgan fingerprint density at radius 1 is 1.08 bits per heavy atom. The number of aromatic nitrogens is 2. The molecule has 1 atom stereocenters. The molecule has 9 nitrogen and oxygen atoms in total. The number of carbonyl (C=O) groups is 3. The molecular weight excluding hydrogens is 685 g/mol. The predicted molar refractivity (Wildman–Crippen MR) is 199 cm³/mol. The number of imidazole rings is 1. The fourth-order valence-electron chi connectivity index (χ4n) is 7.38. The minimum absolute atomic E-state index is 0.0307. The Hall–Kier alpha value is -4.42. The summed E-state index contributed by atoms with van der Waals surface area (Å²) in [5.41, 5.74) is 3.40. The first-order valence-electron chi connectivity index (χ1n) is 17.8. The first-order chi connectivity index (χ1) is 24.7. The molecule has 3 heterocycles. The fraction of sp³-hybridized carbons (Fsp3) is 0.450. The van der Waals surface area contributed by atoms with Gasteiger partial charge in [-0.25, -0.2) is 13.8 Å². The molecule has 1 aliphatic carbocycles. The van der Waals surface area contributed by atoms with E-state index in [1.165, 1.54) is 18.2 Å². The van der Waals surface area contributed by atoms with E-state index in [4.69, 9.17) is 9.72 Å². The number of carbonyl (C=O) groups excluding carboxylic acids is 3. The summed E-state index contributed by atoms with van der Waals surface area (Å²) >= 11 is 0.770. The van der Waals surface area contributed by atoms with Crippen molar-refractivity contribution in [3.05, 3.63) is 94.2 Å². The van der Waals surface area contributed by atoms with Crippen LogP contribution in [-0.2, 0) is 27.5 Å². The van der Waals surface area contributed by atoms with Crippen LogP contribution in [-0.4, -0.2) is 62.8 Å². The Balaban J connectivity index is 1.25. The number of nitrogens with zero attached hydrogens (tertiary/aromatic N) is 4.